The second kappa shape index (κ2) is 6.78. The van der Waals surface area contributed by atoms with Crippen molar-refractivity contribution < 1.29 is 8.42 Å². The van der Waals surface area contributed by atoms with Crippen LogP contribution in [0.25, 0.3) is 16.7 Å². The number of hydrogen-bond donors (Lipinski definition) is 1. The van der Waals surface area contributed by atoms with Gasteiger partial charge in [-0.1, -0.05) is 18.0 Å². The number of anilines is 1. The molecule has 0 radical (unpaired) electrons. The van der Waals surface area contributed by atoms with Gasteiger partial charge >= 0.3 is 0 Å². The lowest BCUT2D eigenvalue weighted by atomic mass is 10.1. The zero-order valence-electron chi connectivity index (χ0n) is 14.8. The minimum atomic E-state index is -3.50. The van der Waals surface area contributed by atoms with E-state index in [1.807, 2.05) is 6.92 Å². The molecule has 0 saturated carbocycles. The number of sulfonamides is 1. The van der Waals surface area contributed by atoms with Gasteiger partial charge in [0.1, 0.15) is 11.0 Å². The molecule has 1 aromatic heterocycles. The van der Waals surface area contributed by atoms with Gasteiger partial charge < -0.3 is 5.73 Å². The van der Waals surface area contributed by atoms with Gasteiger partial charge in [-0.25, -0.2) is 8.42 Å². The SMILES string of the molecule is C[C@H]1CCCCN1S(=O)(=O)c1ccc(-n2nc3cc(N)c(Cl)cc3n2)cc1. The number of halogens is 1. The summed E-state index contributed by atoms with van der Waals surface area (Å²) in [5, 5.41) is 9.19. The molecule has 0 spiro atoms. The molecule has 0 amide bonds. The van der Waals surface area contributed by atoms with Crippen LogP contribution in [0, 0.1) is 0 Å². The highest BCUT2D eigenvalue weighted by Crippen LogP contribution is 2.27. The molecule has 0 aliphatic carbocycles. The highest BCUT2D eigenvalue weighted by molar-refractivity contribution is 7.89. The van der Waals surface area contributed by atoms with Crippen molar-refractivity contribution in [1.29, 1.82) is 0 Å². The fourth-order valence-electron chi connectivity index (χ4n) is 3.39. The predicted molar refractivity (Wildman–Crippen MR) is 105 cm³/mol. The molecule has 4 rings (SSSR count). The third kappa shape index (κ3) is 3.28. The summed E-state index contributed by atoms with van der Waals surface area (Å²) in [6.07, 6.45) is 2.86. The molecule has 2 heterocycles. The Bertz CT molecular complexity index is 1060. The number of nitrogens with two attached hydrogens (primary N) is 1. The molecule has 142 valence electrons. The van der Waals surface area contributed by atoms with Crippen LogP contribution in [0.3, 0.4) is 0 Å². The maximum Gasteiger partial charge on any atom is 0.243 e. The number of fused-ring (bicyclic) bond motifs is 1. The summed E-state index contributed by atoms with van der Waals surface area (Å²) in [7, 11) is -3.50. The first kappa shape index (κ1) is 18.2. The Morgan fingerprint density at radius 1 is 1.11 bits per heavy atom. The second-order valence-corrected chi connectivity index (χ2v) is 9.10. The number of benzene rings is 2. The molecule has 0 unspecified atom stereocenters. The molecule has 1 atom stereocenters. The van der Waals surface area contributed by atoms with E-state index in [1.165, 1.54) is 4.80 Å². The van der Waals surface area contributed by atoms with Crippen LogP contribution in [0.5, 0.6) is 0 Å². The highest BCUT2D eigenvalue weighted by atomic mass is 35.5. The van der Waals surface area contributed by atoms with E-state index in [1.54, 1.807) is 40.7 Å². The Kier molecular flexibility index (Phi) is 4.57. The van der Waals surface area contributed by atoms with Gasteiger partial charge in [0.25, 0.3) is 0 Å². The van der Waals surface area contributed by atoms with E-state index in [-0.39, 0.29) is 10.9 Å². The summed E-state index contributed by atoms with van der Waals surface area (Å²) in [6.45, 7) is 2.53. The van der Waals surface area contributed by atoms with Crippen LogP contribution < -0.4 is 5.73 Å². The first-order valence-corrected chi connectivity index (χ1v) is 10.6. The van der Waals surface area contributed by atoms with Crippen LogP contribution in [0.4, 0.5) is 5.69 Å². The van der Waals surface area contributed by atoms with E-state index in [2.05, 4.69) is 10.2 Å². The van der Waals surface area contributed by atoms with E-state index in [9.17, 15) is 8.42 Å². The number of nitrogens with zero attached hydrogens (tertiary/aromatic N) is 4. The van der Waals surface area contributed by atoms with Gasteiger partial charge in [-0.15, -0.1) is 10.2 Å². The lowest BCUT2D eigenvalue weighted by molar-refractivity contribution is 0.268. The molecule has 27 heavy (non-hydrogen) atoms. The van der Waals surface area contributed by atoms with Crippen molar-refractivity contribution in [2.45, 2.75) is 37.1 Å². The topological polar surface area (TPSA) is 94.1 Å². The fraction of sp³-hybridized carbons (Fsp3) is 0.333. The zero-order valence-corrected chi connectivity index (χ0v) is 16.4. The average molecular weight is 406 g/mol. The standard InChI is InChI=1S/C18H20ClN5O2S/c1-12-4-2-3-9-23(12)27(25,26)14-7-5-13(6-8-14)24-21-17-10-15(19)16(20)11-18(17)22-24/h5-8,10-12H,2-4,9,20H2,1H3/t12-/m0/s1. The highest BCUT2D eigenvalue weighted by Gasteiger charge is 2.30. The van der Waals surface area contributed by atoms with E-state index in [0.717, 1.165) is 19.3 Å². The fourth-order valence-corrected chi connectivity index (χ4v) is 5.24. The Hall–Kier alpha value is -2.16. The van der Waals surface area contributed by atoms with Crippen molar-refractivity contribution in [3.63, 3.8) is 0 Å². The maximum absolute atomic E-state index is 12.9. The Morgan fingerprint density at radius 3 is 2.44 bits per heavy atom. The van der Waals surface area contributed by atoms with Crippen LogP contribution in [0.15, 0.2) is 41.3 Å². The number of rotatable bonds is 3. The summed E-state index contributed by atoms with van der Waals surface area (Å²) < 4.78 is 27.4. The molecule has 2 aromatic carbocycles. The molecular formula is C18H20ClN5O2S. The van der Waals surface area contributed by atoms with E-state index in [4.69, 9.17) is 17.3 Å². The Balaban J connectivity index is 1.66. The Labute approximate surface area is 162 Å². The summed E-state index contributed by atoms with van der Waals surface area (Å²) in [6, 6.07) is 9.94. The average Bonchev–Trinajstić information content (AvgIpc) is 3.05. The van der Waals surface area contributed by atoms with Crippen molar-refractivity contribution in [1.82, 2.24) is 19.3 Å². The minimum absolute atomic E-state index is 0.0247. The third-order valence-corrected chi connectivity index (χ3v) is 7.27. The molecular weight excluding hydrogens is 386 g/mol. The monoisotopic (exact) mass is 405 g/mol. The first-order chi connectivity index (χ1) is 12.9. The van der Waals surface area contributed by atoms with Crippen LogP contribution in [0.1, 0.15) is 26.2 Å². The number of piperidine rings is 1. The first-order valence-electron chi connectivity index (χ1n) is 8.80. The molecule has 1 aliphatic heterocycles. The van der Waals surface area contributed by atoms with Gasteiger partial charge in [0, 0.05) is 12.6 Å². The summed E-state index contributed by atoms with van der Waals surface area (Å²) in [4.78, 5) is 1.73. The quantitative estimate of drug-likeness (QED) is 0.675. The Morgan fingerprint density at radius 2 is 1.78 bits per heavy atom. The van der Waals surface area contributed by atoms with Crippen LogP contribution in [-0.4, -0.2) is 40.3 Å². The summed E-state index contributed by atoms with van der Waals surface area (Å²) >= 11 is 6.03. The molecule has 0 bridgehead atoms. The predicted octanol–water partition coefficient (Wildman–Crippen LogP) is 3.22. The smallest absolute Gasteiger partial charge is 0.243 e. The van der Waals surface area contributed by atoms with Crippen molar-refractivity contribution in [3.05, 3.63) is 41.4 Å². The molecule has 9 heteroatoms. The van der Waals surface area contributed by atoms with E-state index >= 15 is 0 Å². The normalized spacial score (nSPS) is 18.8. The molecule has 3 aromatic rings. The second-order valence-electron chi connectivity index (χ2n) is 6.81. The molecule has 1 fully saturated rings. The lowest BCUT2D eigenvalue weighted by Crippen LogP contribution is -2.41. The van der Waals surface area contributed by atoms with Gasteiger partial charge in [-0.05, 0) is 56.2 Å². The molecule has 1 saturated heterocycles. The summed E-state index contributed by atoms with van der Waals surface area (Å²) in [5.41, 5.74) is 8.14. The van der Waals surface area contributed by atoms with Gasteiger partial charge in [0.05, 0.1) is 21.3 Å². The van der Waals surface area contributed by atoms with Crippen LogP contribution >= 0.6 is 11.6 Å². The number of hydrogen-bond acceptors (Lipinski definition) is 5. The molecule has 1 aliphatic rings. The number of nitrogen functional groups attached to an aromatic ring is 1. The van der Waals surface area contributed by atoms with E-state index in [0.29, 0.717) is 34.0 Å². The number of aromatic nitrogens is 3. The lowest BCUT2D eigenvalue weighted by Gasteiger charge is -2.32. The largest absolute Gasteiger partial charge is 0.397 e. The van der Waals surface area contributed by atoms with Crippen LogP contribution in [0.2, 0.25) is 5.02 Å². The van der Waals surface area contributed by atoms with Crippen molar-refractivity contribution in [2.75, 3.05) is 12.3 Å². The van der Waals surface area contributed by atoms with Crippen molar-refractivity contribution in [3.8, 4) is 5.69 Å². The van der Waals surface area contributed by atoms with Crippen molar-refractivity contribution >= 4 is 38.3 Å². The third-order valence-electron chi connectivity index (χ3n) is 4.92. The zero-order chi connectivity index (χ0) is 19.2. The summed E-state index contributed by atoms with van der Waals surface area (Å²) in [5.74, 6) is 0. The van der Waals surface area contributed by atoms with E-state index < -0.39 is 10.0 Å². The van der Waals surface area contributed by atoms with Gasteiger partial charge in [0.2, 0.25) is 10.0 Å². The molecule has 2 N–H and O–H groups in total. The maximum atomic E-state index is 12.9. The molecule has 7 nitrogen and oxygen atoms in total. The minimum Gasteiger partial charge on any atom is -0.397 e. The van der Waals surface area contributed by atoms with Crippen LogP contribution in [-0.2, 0) is 10.0 Å². The van der Waals surface area contributed by atoms with Gasteiger partial charge in [-0.3, -0.25) is 0 Å². The van der Waals surface area contributed by atoms with Gasteiger partial charge in [-0.2, -0.15) is 9.10 Å². The van der Waals surface area contributed by atoms with Crippen molar-refractivity contribution in [2.24, 2.45) is 0 Å². The van der Waals surface area contributed by atoms with Gasteiger partial charge in [0.15, 0.2) is 0 Å².